The van der Waals surface area contributed by atoms with E-state index in [1.807, 2.05) is 0 Å². The molecule has 0 aromatic carbocycles. The van der Waals surface area contributed by atoms with Crippen molar-refractivity contribution in [1.82, 2.24) is 5.48 Å². The molecule has 0 saturated heterocycles. The summed E-state index contributed by atoms with van der Waals surface area (Å²) in [7, 11) is 1.72. The predicted molar refractivity (Wildman–Crippen MR) is 52.4 cm³/mol. The van der Waals surface area contributed by atoms with E-state index in [-0.39, 0.29) is 0 Å². The maximum atomic E-state index is 5.58. The highest BCUT2D eigenvalue weighted by Gasteiger charge is 2.16. The first-order valence-corrected chi connectivity index (χ1v) is 5.27. The number of methoxy groups -OCH3 is 1. The van der Waals surface area contributed by atoms with Crippen LogP contribution in [-0.4, -0.2) is 25.9 Å². The number of hydrogen-bond acceptors (Lipinski definition) is 3. The number of ether oxygens (including phenoxy) is 1. The first-order chi connectivity index (χ1) is 6.36. The summed E-state index contributed by atoms with van der Waals surface area (Å²) in [6.45, 7) is 2.86. The summed E-state index contributed by atoms with van der Waals surface area (Å²) < 4.78 is 5.07. The van der Waals surface area contributed by atoms with Gasteiger partial charge in [0, 0.05) is 7.11 Å². The average molecular weight is 187 g/mol. The third kappa shape index (κ3) is 4.07. The Morgan fingerprint density at radius 1 is 1.38 bits per heavy atom. The van der Waals surface area contributed by atoms with Gasteiger partial charge in [0.1, 0.15) is 0 Å². The summed E-state index contributed by atoms with van der Waals surface area (Å²) >= 11 is 0. The number of nitrogens with one attached hydrogen (secondary N) is 1. The highest BCUT2D eigenvalue weighted by molar-refractivity contribution is 4.67. The topological polar surface area (TPSA) is 30.5 Å². The van der Waals surface area contributed by atoms with Crippen molar-refractivity contribution in [1.29, 1.82) is 0 Å². The molecule has 13 heavy (non-hydrogen) atoms. The van der Waals surface area contributed by atoms with Crippen LogP contribution in [-0.2, 0) is 9.57 Å². The molecule has 1 aliphatic rings. The quantitative estimate of drug-likeness (QED) is 0.644. The molecular weight excluding hydrogens is 166 g/mol. The zero-order valence-electron chi connectivity index (χ0n) is 8.71. The Kier molecular flexibility index (Phi) is 5.35. The highest BCUT2D eigenvalue weighted by atomic mass is 16.7. The molecule has 0 aromatic heterocycles. The molecule has 0 bridgehead atoms. The van der Waals surface area contributed by atoms with E-state index in [4.69, 9.17) is 9.57 Å². The molecule has 0 aliphatic heterocycles. The predicted octanol–water partition coefficient (Wildman–Crippen LogP) is 1.88. The third-order valence-corrected chi connectivity index (χ3v) is 2.56. The second-order valence-corrected chi connectivity index (χ2v) is 3.70. The van der Waals surface area contributed by atoms with Crippen LogP contribution in [0.5, 0.6) is 0 Å². The van der Waals surface area contributed by atoms with Crippen molar-refractivity contribution in [2.45, 2.75) is 51.2 Å². The summed E-state index contributed by atoms with van der Waals surface area (Å²) in [5.41, 5.74) is 3.09. The fourth-order valence-electron chi connectivity index (χ4n) is 1.64. The third-order valence-electron chi connectivity index (χ3n) is 2.56. The molecule has 1 aliphatic carbocycles. The van der Waals surface area contributed by atoms with Crippen molar-refractivity contribution in [3.05, 3.63) is 0 Å². The first-order valence-electron chi connectivity index (χ1n) is 5.27. The molecule has 0 heterocycles. The van der Waals surface area contributed by atoms with Crippen LogP contribution >= 0.6 is 0 Å². The molecule has 0 radical (unpaired) electrons. The van der Waals surface area contributed by atoms with Crippen molar-refractivity contribution < 1.29 is 9.57 Å². The zero-order chi connectivity index (χ0) is 9.52. The van der Waals surface area contributed by atoms with E-state index in [1.54, 1.807) is 7.11 Å². The smallest absolute Gasteiger partial charge is 0.0790 e. The molecule has 1 N–H and O–H groups in total. The summed E-state index contributed by atoms with van der Waals surface area (Å²) in [5.74, 6) is 0. The number of rotatable bonds is 6. The lowest BCUT2D eigenvalue weighted by molar-refractivity contribution is -0.0530. The Bertz CT molecular complexity index is 124. The van der Waals surface area contributed by atoms with E-state index in [0.717, 1.165) is 13.0 Å². The standard InChI is InChI=1S/C10H21NO2/c1-3-9(8-12-2)11-13-10-6-4-5-7-10/h9-11H,3-8H2,1-2H3. The van der Waals surface area contributed by atoms with E-state index >= 15 is 0 Å². The average Bonchev–Trinajstić information content (AvgIpc) is 2.64. The second-order valence-electron chi connectivity index (χ2n) is 3.70. The van der Waals surface area contributed by atoms with E-state index in [2.05, 4.69) is 12.4 Å². The first kappa shape index (κ1) is 11.0. The van der Waals surface area contributed by atoms with Gasteiger partial charge in [-0.3, -0.25) is 4.84 Å². The number of hydrogen-bond donors (Lipinski definition) is 1. The van der Waals surface area contributed by atoms with Gasteiger partial charge in [0.2, 0.25) is 0 Å². The van der Waals surface area contributed by atoms with Gasteiger partial charge in [0.15, 0.2) is 0 Å². The van der Waals surface area contributed by atoms with Gasteiger partial charge in [0.25, 0.3) is 0 Å². The molecule has 0 amide bonds. The van der Waals surface area contributed by atoms with Crippen LogP contribution in [0.1, 0.15) is 39.0 Å². The Balaban J connectivity index is 2.07. The van der Waals surface area contributed by atoms with Crippen LogP contribution in [0.15, 0.2) is 0 Å². The van der Waals surface area contributed by atoms with Crippen LogP contribution in [0.4, 0.5) is 0 Å². The van der Waals surface area contributed by atoms with E-state index < -0.39 is 0 Å². The van der Waals surface area contributed by atoms with Gasteiger partial charge in [-0.1, -0.05) is 19.8 Å². The molecule has 0 aromatic rings. The van der Waals surface area contributed by atoms with Gasteiger partial charge >= 0.3 is 0 Å². The van der Waals surface area contributed by atoms with Crippen LogP contribution in [0.3, 0.4) is 0 Å². The number of hydroxylamine groups is 1. The van der Waals surface area contributed by atoms with Crippen molar-refractivity contribution in [2.24, 2.45) is 0 Å². The van der Waals surface area contributed by atoms with Crippen LogP contribution in [0.2, 0.25) is 0 Å². The van der Waals surface area contributed by atoms with E-state index in [9.17, 15) is 0 Å². The van der Waals surface area contributed by atoms with E-state index in [0.29, 0.717) is 12.1 Å². The van der Waals surface area contributed by atoms with E-state index in [1.165, 1.54) is 25.7 Å². The molecule has 0 spiro atoms. The molecule has 1 atom stereocenters. The van der Waals surface area contributed by atoms with Crippen LogP contribution in [0.25, 0.3) is 0 Å². The molecule has 1 fully saturated rings. The monoisotopic (exact) mass is 187 g/mol. The van der Waals surface area contributed by atoms with Gasteiger partial charge in [-0.15, -0.1) is 0 Å². The Labute approximate surface area is 80.7 Å². The van der Waals surface area contributed by atoms with Crippen molar-refractivity contribution in [3.63, 3.8) is 0 Å². The summed E-state index contributed by atoms with van der Waals surface area (Å²) in [5, 5.41) is 0. The lowest BCUT2D eigenvalue weighted by Crippen LogP contribution is -2.35. The molecule has 3 heteroatoms. The van der Waals surface area contributed by atoms with Gasteiger partial charge < -0.3 is 4.74 Å². The summed E-state index contributed by atoms with van der Waals surface area (Å²) in [6, 6.07) is 0.339. The Hall–Kier alpha value is -0.120. The Morgan fingerprint density at radius 3 is 2.62 bits per heavy atom. The van der Waals surface area contributed by atoms with Crippen LogP contribution in [0, 0.1) is 0 Å². The largest absolute Gasteiger partial charge is 0.383 e. The maximum absolute atomic E-state index is 5.58. The fraction of sp³-hybridized carbons (Fsp3) is 1.00. The molecular formula is C10H21NO2. The van der Waals surface area contributed by atoms with Gasteiger partial charge in [0.05, 0.1) is 18.8 Å². The molecule has 1 rings (SSSR count). The van der Waals surface area contributed by atoms with Gasteiger partial charge in [-0.25, -0.2) is 0 Å². The fourth-order valence-corrected chi connectivity index (χ4v) is 1.64. The zero-order valence-corrected chi connectivity index (χ0v) is 8.71. The van der Waals surface area contributed by atoms with Crippen molar-refractivity contribution in [3.8, 4) is 0 Å². The minimum atomic E-state index is 0.339. The molecule has 3 nitrogen and oxygen atoms in total. The summed E-state index contributed by atoms with van der Waals surface area (Å²) in [4.78, 5) is 5.58. The molecule has 78 valence electrons. The highest BCUT2D eigenvalue weighted by Crippen LogP contribution is 2.20. The molecule has 1 saturated carbocycles. The summed E-state index contributed by atoms with van der Waals surface area (Å²) in [6.07, 6.45) is 6.51. The Morgan fingerprint density at radius 2 is 2.08 bits per heavy atom. The van der Waals surface area contributed by atoms with Gasteiger partial charge in [-0.05, 0) is 19.3 Å². The minimum Gasteiger partial charge on any atom is -0.383 e. The van der Waals surface area contributed by atoms with Crippen molar-refractivity contribution >= 4 is 0 Å². The SMILES string of the molecule is CCC(COC)NOC1CCCC1. The lowest BCUT2D eigenvalue weighted by atomic mass is 10.2. The minimum absolute atomic E-state index is 0.339. The van der Waals surface area contributed by atoms with Gasteiger partial charge in [-0.2, -0.15) is 5.48 Å². The van der Waals surface area contributed by atoms with Crippen LogP contribution < -0.4 is 5.48 Å². The lowest BCUT2D eigenvalue weighted by Gasteiger charge is -2.18. The second kappa shape index (κ2) is 6.35. The normalized spacial score (nSPS) is 20.8. The maximum Gasteiger partial charge on any atom is 0.0790 e. The van der Waals surface area contributed by atoms with Crippen molar-refractivity contribution in [2.75, 3.05) is 13.7 Å². The molecule has 1 unspecified atom stereocenters.